The van der Waals surface area contributed by atoms with Gasteiger partial charge in [-0.15, -0.1) is 0 Å². The smallest absolute Gasteiger partial charge is 0.182 e. The molecule has 112 valence electrons. The second-order valence-electron chi connectivity index (χ2n) is 5.07. The van der Waals surface area contributed by atoms with Crippen molar-refractivity contribution in [3.05, 3.63) is 67.0 Å². The van der Waals surface area contributed by atoms with Gasteiger partial charge in [-0.3, -0.25) is 0 Å². The molecule has 0 fully saturated rings. The molecule has 0 bridgehead atoms. The molecule has 0 saturated heterocycles. The summed E-state index contributed by atoms with van der Waals surface area (Å²) in [6, 6.07) is 18.2. The molecular formula is C19H20NO2+. The van der Waals surface area contributed by atoms with Gasteiger partial charge in [0.15, 0.2) is 18.9 Å². The van der Waals surface area contributed by atoms with Crippen molar-refractivity contribution in [2.75, 3.05) is 13.2 Å². The van der Waals surface area contributed by atoms with Crippen LogP contribution in [0, 0.1) is 0 Å². The molecule has 0 atom stereocenters. The molecule has 1 heterocycles. The van der Waals surface area contributed by atoms with Gasteiger partial charge in [-0.25, -0.2) is 4.57 Å². The summed E-state index contributed by atoms with van der Waals surface area (Å²) < 4.78 is 13.4. The Morgan fingerprint density at radius 2 is 1.73 bits per heavy atom. The molecule has 3 nitrogen and oxygen atoms in total. The normalized spacial score (nSPS) is 10.6. The fourth-order valence-electron chi connectivity index (χ4n) is 2.39. The lowest BCUT2D eigenvalue weighted by Crippen LogP contribution is -2.35. The number of rotatable bonds is 6. The Morgan fingerprint density at radius 3 is 2.55 bits per heavy atom. The lowest BCUT2D eigenvalue weighted by molar-refractivity contribution is -0.696. The Kier molecular flexibility index (Phi) is 4.54. The van der Waals surface area contributed by atoms with Gasteiger partial charge >= 0.3 is 0 Å². The van der Waals surface area contributed by atoms with Gasteiger partial charge in [0, 0.05) is 11.5 Å². The summed E-state index contributed by atoms with van der Waals surface area (Å²) in [4.78, 5) is 0. The summed E-state index contributed by atoms with van der Waals surface area (Å²) in [7, 11) is 0. The van der Waals surface area contributed by atoms with Crippen LogP contribution in [0.1, 0.15) is 6.92 Å². The Balaban J connectivity index is 1.66. The Bertz CT molecular complexity index is 741. The maximum Gasteiger partial charge on any atom is 0.182 e. The standard InChI is InChI=1S/C19H20NO2/c1-2-21-19-9-8-17-15-20(11-10-16(17)14-19)12-13-22-18-6-4-3-5-7-18/h3-11,14-15H,2,12-13H2,1H3/q+1. The van der Waals surface area contributed by atoms with Crippen molar-refractivity contribution in [1.29, 1.82) is 0 Å². The Hall–Kier alpha value is -2.55. The van der Waals surface area contributed by atoms with E-state index in [1.165, 1.54) is 10.8 Å². The molecule has 0 amide bonds. The average Bonchev–Trinajstić information content (AvgIpc) is 2.56. The van der Waals surface area contributed by atoms with Crippen LogP contribution in [0.5, 0.6) is 11.5 Å². The highest BCUT2D eigenvalue weighted by Gasteiger charge is 2.05. The molecule has 0 aliphatic rings. The molecule has 2 aromatic carbocycles. The minimum atomic E-state index is 0.650. The van der Waals surface area contributed by atoms with Crippen LogP contribution in [-0.2, 0) is 6.54 Å². The van der Waals surface area contributed by atoms with E-state index in [2.05, 4.69) is 35.2 Å². The first-order chi connectivity index (χ1) is 10.8. The van der Waals surface area contributed by atoms with Gasteiger partial charge in [0.25, 0.3) is 0 Å². The van der Waals surface area contributed by atoms with Crippen molar-refractivity contribution in [3.63, 3.8) is 0 Å². The van der Waals surface area contributed by atoms with Crippen molar-refractivity contribution in [2.24, 2.45) is 0 Å². The lowest BCUT2D eigenvalue weighted by Gasteiger charge is -2.05. The molecule has 0 aliphatic carbocycles. The minimum Gasteiger partial charge on any atom is -0.494 e. The van der Waals surface area contributed by atoms with Crippen LogP contribution in [0.4, 0.5) is 0 Å². The van der Waals surface area contributed by atoms with Gasteiger partial charge in [-0.1, -0.05) is 18.2 Å². The molecule has 3 aromatic rings. The summed E-state index contributed by atoms with van der Waals surface area (Å²) in [6.07, 6.45) is 4.21. The largest absolute Gasteiger partial charge is 0.494 e. The number of para-hydroxylation sites is 1. The SMILES string of the molecule is CCOc1ccc2c[n+](CCOc3ccccc3)ccc2c1. The first-order valence-corrected chi connectivity index (χ1v) is 7.58. The number of hydrogen-bond donors (Lipinski definition) is 0. The fourth-order valence-corrected chi connectivity index (χ4v) is 2.39. The zero-order valence-electron chi connectivity index (χ0n) is 12.7. The predicted octanol–water partition coefficient (Wildman–Crippen LogP) is 3.61. The fraction of sp³-hybridized carbons (Fsp3) is 0.211. The summed E-state index contributed by atoms with van der Waals surface area (Å²) >= 11 is 0. The van der Waals surface area contributed by atoms with Crippen LogP contribution in [0.3, 0.4) is 0 Å². The van der Waals surface area contributed by atoms with Crippen LogP contribution in [0.2, 0.25) is 0 Å². The molecular weight excluding hydrogens is 274 g/mol. The molecule has 0 saturated carbocycles. The maximum atomic E-state index is 5.73. The van der Waals surface area contributed by atoms with Crippen molar-refractivity contribution in [1.82, 2.24) is 0 Å². The van der Waals surface area contributed by atoms with Gasteiger partial charge in [-0.05, 0) is 42.6 Å². The van der Waals surface area contributed by atoms with E-state index < -0.39 is 0 Å². The second kappa shape index (κ2) is 6.94. The number of benzene rings is 2. The molecule has 0 unspecified atom stereocenters. The summed E-state index contributed by atoms with van der Waals surface area (Å²) in [6.45, 7) is 4.15. The van der Waals surface area contributed by atoms with E-state index in [1.54, 1.807) is 0 Å². The highest BCUT2D eigenvalue weighted by atomic mass is 16.5. The van der Waals surface area contributed by atoms with E-state index in [0.29, 0.717) is 13.2 Å². The van der Waals surface area contributed by atoms with E-state index in [-0.39, 0.29) is 0 Å². The lowest BCUT2D eigenvalue weighted by atomic mass is 10.2. The molecule has 0 spiro atoms. The van der Waals surface area contributed by atoms with E-state index in [1.807, 2.05) is 43.3 Å². The van der Waals surface area contributed by atoms with Gasteiger partial charge in [0.1, 0.15) is 18.1 Å². The molecule has 3 heteroatoms. The van der Waals surface area contributed by atoms with E-state index in [9.17, 15) is 0 Å². The van der Waals surface area contributed by atoms with E-state index >= 15 is 0 Å². The van der Waals surface area contributed by atoms with Gasteiger partial charge < -0.3 is 9.47 Å². The quantitative estimate of drug-likeness (QED) is 0.648. The highest BCUT2D eigenvalue weighted by Crippen LogP contribution is 2.19. The topological polar surface area (TPSA) is 22.3 Å². The van der Waals surface area contributed by atoms with Crippen LogP contribution >= 0.6 is 0 Å². The molecule has 0 aliphatic heterocycles. The molecule has 0 N–H and O–H groups in total. The summed E-state index contributed by atoms with van der Waals surface area (Å²) in [5.74, 6) is 1.82. The Labute approximate surface area is 130 Å². The number of aromatic nitrogens is 1. The molecule has 0 radical (unpaired) electrons. The Morgan fingerprint density at radius 1 is 0.864 bits per heavy atom. The predicted molar refractivity (Wildman–Crippen MR) is 87.2 cm³/mol. The van der Waals surface area contributed by atoms with Crippen molar-refractivity contribution < 1.29 is 14.0 Å². The van der Waals surface area contributed by atoms with Crippen molar-refractivity contribution in [3.8, 4) is 11.5 Å². The van der Waals surface area contributed by atoms with Gasteiger partial charge in [-0.2, -0.15) is 0 Å². The number of fused-ring (bicyclic) bond motifs is 1. The zero-order chi connectivity index (χ0) is 15.2. The van der Waals surface area contributed by atoms with Crippen LogP contribution in [-0.4, -0.2) is 13.2 Å². The second-order valence-corrected chi connectivity index (χ2v) is 5.07. The third-order valence-electron chi connectivity index (χ3n) is 3.48. The first-order valence-electron chi connectivity index (χ1n) is 7.58. The minimum absolute atomic E-state index is 0.650. The number of nitrogens with zero attached hydrogens (tertiary/aromatic N) is 1. The summed E-state index contributed by atoms with van der Waals surface area (Å²) in [5.41, 5.74) is 0. The first kappa shape index (κ1) is 14.4. The van der Waals surface area contributed by atoms with Gasteiger partial charge in [0.2, 0.25) is 0 Å². The van der Waals surface area contributed by atoms with Crippen LogP contribution < -0.4 is 14.0 Å². The van der Waals surface area contributed by atoms with E-state index in [4.69, 9.17) is 9.47 Å². The molecule has 22 heavy (non-hydrogen) atoms. The molecule has 1 aromatic heterocycles. The number of hydrogen-bond acceptors (Lipinski definition) is 2. The van der Waals surface area contributed by atoms with Crippen LogP contribution in [0.15, 0.2) is 67.0 Å². The van der Waals surface area contributed by atoms with Crippen molar-refractivity contribution >= 4 is 10.8 Å². The molecule has 3 rings (SSSR count). The average molecular weight is 294 g/mol. The highest BCUT2D eigenvalue weighted by molar-refractivity contribution is 5.82. The third kappa shape index (κ3) is 3.55. The van der Waals surface area contributed by atoms with Crippen LogP contribution in [0.25, 0.3) is 10.8 Å². The van der Waals surface area contributed by atoms with Crippen molar-refractivity contribution in [2.45, 2.75) is 13.5 Å². The number of pyridine rings is 1. The van der Waals surface area contributed by atoms with E-state index in [0.717, 1.165) is 18.0 Å². The monoisotopic (exact) mass is 294 g/mol. The maximum absolute atomic E-state index is 5.73. The van der Waals surface area contributed by atoms with Gasteiger partial charge in [0.05, 0.1) is 6.61 Å². The number of ether oxygens (including phenoxy) is 2. The zero-order valence-corrected chi connectivity index (χ0v) is 12.7. The third-order valence-corrected chi connectivity index (χ3v) is 3.48. The summed E-state index contributed by atoms with van der Waals surface area (Å²) in [5, 5.41) is 2.39.